The number of aromatic amines is 1. The number of pyridine rings is 1. The summed E-state index contributed by atoms with van der Waals surface area (Å²) in [5, 5.41) is 0. The van der Waals surface area contributed by atoms with Crippen molar-refractivity contribution in [1.29, 1.82) is 0 Å². The van der Waals surface area contributed by atoms with Gasteiger partial charge < -0.3 is 4.98 Å². The molecule has 0 unspecified atom stereocenters. The molecule has 4 nitrogen and oxygen atoms in total. The average molecular weight is 361 g/mol. The third-order valence-corrected chi connectivity index (χ3v) is 4.19. The predicted octanol–water partition coefficient (Wildman–Crippen LogP) is 5.82. The number of hydrogen-bond acceptors (Lipinski definition) is 2. The molecule has 0 aliphatic rings. The van der Waals surface area contributed by atoms with Crippen LogP contribution in [0.2, 0.25) is 0 Å². The number of fused-ring (bicyclic) bond motifs is 1. The summed E-state index contributed by atoms with van der Waals surface area (Å²) in [5.41, 5.74) is 4.79. The fourth-order valence-electron chi connectivity index (χ4n) is 2.61. The van der Waals surface area contributed by atoms with Gasteiger partial charge in [0.25, 0.3) is 0 Å². The van der Waals surface area contributed by atoms with E-state index in [4.69, 9.17) is 0 Å². The minimum Gasteiger partial charge on any atom is -0.329 e. The van der Waals surface area contributed by atoms with Crippen LogP contribution in [0.4, 0.5) is 0 Å². The Morgan fingerprint density at radius 2 is 1.63 bits per heavy atom. The summed E-state index contributed by atoms with van der Waals surface area (Å²) in [6, 6.07) is 19.6. The molecule has 140 valence electrons. The summed E-state index contributed by atoms with van der Waals surface area (Å²) in [4.78, 5) is 18.6. The molecule has 2 heterocycles. The van der Waals surface area contributed by atoms with Crippen LogP contribution in [0.15, 0.2) is 78.0 Å². The van der Waals surface area contributed by atoms with Crippen molar-refractivity contribution in [1.82, 2.24) is 14.5 Å². The molecule has 0 saturated carbocycles. The SMILES string of the molecule is C.CCCC.O=c1cc(-c2ccc3c(c2)ncn3-c2ccccc2)cc[nH]1. The van der Waals surface area contributed by atoms with Gasteiger partial charge in [-0.3, -0.25) is 9.36 Å². The Hall–Kier alpha value is -3.14. The maximum atomic E-state index is 11.4. The van der Waals surface area contributed by atoms with Gasteiger partial charge in [-0.05, 0) is 41.5 Å². The number of para-hydroxylation sites is 1. The first kappa shape index (κ1) is 20.2. The molecular formula is C23H27N3O. The number of nitrogens with zero attached hydrogens (tertiary/aromatic N) is 2. The quantitative estimate of drug-likeness (QED) is 0.499. The van der Waals surface area contributed by atoms with Gasteiger partial charge in [0.1, 0.15) is 6.33 Å². The number of H-pyrrole nitrogens is 1. The zero-order valence-corrected chi connectivity index (χ0v) is 15.1. The van der Waals surface area contributed by atoms with Crippen molar-refractivity contribution in [3.8, 4) is 16.8 Å². The number of rotatable bonds is 3. The lowest BCUT2D eigenvalue weighted by Crippen LogP contribution is -2.01. The zero-order chi connectivity index (χ0) is 18.4. The summed E-state index contributed by atoms with van der Waals surface area (Å²) in [6.45, 7) is 4.36. The van der Waals surface area contributed by atoms with Gasteiger partial charge in [-0.15, -0.1) is 0 Å². The topological polar surface area (TPSA) is 50.7 Å². The van der Waals surface area contributed by atoms with Crippen molar-refractivity contribution in [2.45, 2.75) is 34.1 Å². The van der Waals surface area contributed by atoms with Crippen LogP contribution < -0.4 is 5.56 Å². The molecule has 0 spiro atoms. The second-order valence-electron chi connectivity index (χ2n) is 6.10. The third kappa shape index (κ3) is 4.73. The zero-order valence-electron chi connectivity index (χ0n) is 15.1. The molecule has 2 aromatic heterocycles. The molecule has 2 aromatic carbocycles. The monoisotopic (exact) mass is 361 g/mol. The summed E-state index contributed by atoms with van der Waals surface area (Å²) >= 11 is 0. The summed E-state index contributed by atoms with van der Waals surface area (Å²) in [7, 11) is 0. The third-order valence-electron chi connectivity index (χ3n) is 4.19. The summed E-state index contributed by atoms with van der Waals surface area (Å²) in [6.07, 6.45) is 6.12. The van der Waals surface area contributed by atoms with Crippen LogP contribution in [0, 0.1) is 0 Å². The molecule has 0 radical (unpaired) electrons. The van der Waals surface area contributed by atoms with E-state index in [1.807, 2.05) is 60.9 Å². The van der Waals surface area contributed by atoms with Crippen LogP contribution in [0.25, 0.3) is 27.8 Å². The largest absolute Gasteiger partial charge is 0.329 e. The molecule has 0 bridgehead atoms. The van der Waals surface area contributed by atoms with E-state index in [0.717, 1.165) is 27.8 Å². The Bertz CT molecular complexity index is 1030. The van der Waals surface area contributed by atoms with Gasteiger partial charge >= 0.3 is 0 Å². The van der Waals surface area contributed by atoms with E-state index < -0.39 is 0 Å². The molecule has 0 amide bonds. The minimum atomic E-state index is -0.104. The summed E-state index contributed by atoms with van der Waals surface area (Å²) in [5.74, 6) is 0. The van der Waals surface area contributed by atoms with E-state index >= 15 is 0 Å². The maximum Gasteiger partial charge on any atom is 0.248 e. The molecular weight excluding hydrogens is 334 g/mol. The van der Waals surface area contributed by atoms with Crippen LogP contribution >= 0.6 is 0 Å². The van der Waals surface area contributed by atoms with Gasteiger partial charge in [-0.25, -0.2) is 4.98 Å². The molecule has 4 heteroatoms. The lowest BCUT2D eigenvalue weighted by molar-refractivity contribution is 0.886. The molecule has 0 atom stereocenters. The first-order chi connectivity index (χ1) is 12.7. The number of imidazole rings is 1. The molecule has 4 rings (SSSR count). The van der Waals surface area contributed by atoms with Gasteiger partial charge in [0.05, 0.1) is 11.0 Å². The number of nitrogens with one attached hydrogen (secondary N) is 1. The Kier molecular flexibility index (Phi) is 7.12. The lowest BCUT2D eigenvalue weighted by Gasteiger charge is -2.05. The van der Waals surface area contributed by atoms with Gasteiger partial charge in [-0.1, -0.05) is 58.4 Å². The van der Waals surface area contributed by atoms with Crippen LogP contribution in [0.5, 0.6) is 0 Å². The Morgan fingerprint density at radius 1 is 0.926 bits per heavy atom. The average Bonchev–Trinajstić information content (AvgIpc) is 3.12. The highest BCUT2D eigenvalue weighted by Crippen LogP contribution is 2.24. The van der Waals surface area contributed by atoms with Crippen molar-refractivity contribution in [3.05, 3.63) is 83.5 Å². The fourth-order valence-corrected chi connectivity index (χ4v) is 2.61. The van der Waals surface area contributed by atoms with Crippen molar-refractivity contribution < 1.29 is 0 Å². The van der Waals surface area contributed by atoms with Crippen molar-refractivity contribution in [2.24, 2.45) is 0 Å². The lowest BCUT2D eigenvalue weighted by atomic mass is 10.1. The first-order valence-electron chi connectivity index (χ1n) is 8.94. The van der Waals surface area contributed by atoms with Crippen LogP contribution in [-0.4, -0.2) is 14.5 Å². The van der Waals surface area contributed by atoms with Crippen molar-refractivity contribution in [2.75, 3.05) is 0 Å². The normalized spacial score (nSPS) is 10.0. The van der Waals surface area contributed by atoms with Crippen molar-refractivity contribution >= 4 is 11.0 Å². The second kappa shape index (κ2) is 9.53. The smallest absolute Gasteiger partial charge is 0.248 e. The van der Waals surface area contributed by atoms with E-state index in [9.17, 15) is 4.79 Å². The Morgan fingerprint density at radius 3 is 2.30 bits per heavy atom. The minimum absolute atomic E-state index is 0. The first-order valence-corrected chi connectivity index (χ1v) is 8.94. The molecule has 0 aliphatic heterocycles. The standard InChI is InChI=1S/C18H13N3O.C4H10.CH4/c22-18-11-14(8-9-19-18)13-6-7-17-16(10-13)20-12-21(17)15-4-2-1-3-5-15;1-3-4-2;/h1-12H,(H,19,22);3-4H2,1-2H3;1H4. The van der Waals surface area contributed by atoms with Crippen molar-refractivity contribution in [3.63, 3.8) is 0 Å². The van der Waals surface area contributed by atoms with Crippen LogP contribution in [0.1, 0.15) is 34.1 Å². The predicted molar refractivity (Wildman–Crippen MR) is 114 cm³/mol. The van der Waals surface area contributed by atoms with E-state index in [2.05, 4.69) is 28.4 Å². The van der Waals surface area contributed by atoms with E-state index in [0.29, 0.717) is 0 Å². The number of aromatic nitrogens is 3. The fraction of sp³-hybridized carbons (Fsp3) is 0.217. The molecule has 0 fully saturated rings. The molecule has 1 N–H and O–H groups in total. The molecule has 0 saturated heterocycles. The number of benzene rings is 2. The van der Waals surface area contributed by atoms with Gasteiger partial charge in [0.15, 0.2) is 0 Å². The van der Waals surface area contributed by atoms with Crippen LogP contribution in [-0.2, 0) is 0 Å². The highest BCUT2D eigenvalue weighted by Gasteiger charge is 2.06. The number of hydrogen-bond donors (Lipinski definition) is 1. The van der Waals surface area contributed by atoms with Gasteiger partial charge in [-0.2, -0.15) is 0 Å². The van der Waals surface area contributed by atoms with Gasteiger partial charge in [0.2, 0.25) is 5.56 Å². The molecule has 4 aromatic rings. The highest BCUT2D eigenvalue weighted by molar-refractivity contribution is 5.83. The maximum absolute atomic E-state index is 11.4. The second-order valence-corrected chi connectivity index (χ2v) is 6.10. The Balaban J connectivity index is 0.000000479. The number of unbranched alkanes of at least 4 members (excludes halogenated alkanes) is 1. The highest BCUT2D eigenvalue weighted by atomic mass is 16.1. The summed E-state index contributed by atoms with van der Waals surface area (Å²) < 4.78 is 2.05. The Labute approximate surface area is 160 Å². The van der Waals surface area contributed by atoms with E-state index in [1.54, 1.807) is 12.3 Å². The van der Waals surface area contributed by atoms with Crippen LogP contribution in [0.3, 0.4) is 0 Å². The van der Waals surface area contributed by atoms with E-state index in [-0.39, 0.29) is 13.0 Å². The molecule has 27 heavy (non-hydrogen) atoms. The van der Waals surface area contributed by atoms with E-state index in [1.165, 1.54) is 12.8 Å². The molecule has 0 aliphatic carbocycles. The van der Waals surface area contributed by atoms with Gasteiger partial charge in [0, 0.05) is 18.0 Å².